The van der Waals surface area contributed by atoms with Gasteiger partial charge in [0.1, 0.15) is 5.52 Å². The maximum absolute atomic E-state index is 12.1. The largest absolute Gasteiger partial charge is 1.00 e. The van der Waals surface area contributed by atoms with Crippen LogP contribution in [0.1, 0.15) is 10.6 Å². The van der Waals surface area contributed by atoms with Gasteiger partial charge in [0.25, 0.3) is 5.78 Å². The van der Waals surface area contributed by atoms with Crippen molar-refractivity contribution in [1.82, 2.24) is 4.98 Å². The molecule has 4 rings (SSSR count). The van der Waals surface area contributed by atoms with Gasteiger partial charge in [-0.25, -0.2) is 0 Å². The van der Waals surface area contributed by atoms with Gasteiger partial charge in [-0.3, -0.25) is 4.79 Å². The predicted octanol–water partition coefficient (Wildman–Crippen LogP) is 0.0885. The molecule has 0 aliphatic heterocycles. The Morgan fingerprint density at radius 1 is 1.05 bits per heavy atom. The molecule has 4 aromatic rings. The highest BCUT2D eigenvalue weighted by Gasteiger charge is 2.16. The number of hydrogen-bond donors (Lipinski definition) is 1. The maximum Gasteiger partial charge on any atom is 0.262 e. The number of aromatic nitrogens is 2. The van der Waals surface area contributed by atoms with Crippen LogP contribution < -0.4 is 21.5 Å². The standard InChI is InChI=1S/C17H12N2O2.BrH/c20-16(17-6-3-9-21-17)11-19-8-7-13-12-4-1-2-5-14(12)18-15(13)10-19;/h1-10H,11H2;1H. The number of ketones is 1. The van der Waals surface area contributed by atoms with E-state index in [9.17, 15) is 4.79 Å². The number of para-hydroxylation sites is 1. The number of aromatic amines is 1. The molecule has 5 heteroatoms. The Labute approximate surface area is 137 Å². The second-order valence-electron chi connectivity index (χ2n) is 5.02. The summed E-state index contributed by atoms with van der Waals surface area (Å²) >= 11 is 0. The Morgan fingerprint density at radius 3 is 2.68 bits per heavy atom. The molecule has 0 saturated heterocycles. The molecule has 4 nitrogen and oxygen atoms in total. The molecule has 0 atom stereocenters. The average Bonchev–Trinajstić information content (AvgIpc) is 3.14. The van der Waals surface area contributed by atoms with Crippen molar-refractivity contribution in [3.63, 3.8) is 0 Å². The van der Waals surface area contributed by atoms with Crippen LogP contribution in [-0.4, -0.2) is 10.8 Å². The number of halogens is 1. The number of nitrogens with one attached hydrogen (secondary N) is 1. The van der Waals surface area contributed by atoms with Crippen LogP contribution in [0, 0.1) is 0 Å². The number of furan rings is 1. The van der Waals surface area contributed by atoms with Crippen molar-refractivity contribution in [2.45, 2.75) is 6.54 Å². The lowest BCUT2D eigenvalue weighted by atomic mass is 10.2. The minimum Gasteiger partial charge on any atom is -1.00 e. The molecular formula is C17H13BrN2O2. The molecule has 1 N–H and O–H groups in total. The summed E-state index contributed by atoms with van der Waals surface area (Å²) in [5.41, 5.74) is 2.12. The molecule has 0 spiro atoms. The first-order valence-corrected chi connectivity index (χ1v) is 6.77. The molecule has 0 bridgehead atoms. The molecule has 110 valence electrons. The van der Waals surface area contributed by atoms with Gasteiger partial charge in [0.15, 0.2) is 18.2 Å². The Hall–Kier alpha value is -2.40. The normalized spacial score (nSPS) is 10.7. The summed E-state index contributed by atoms with van der Waals surface area (Å²) in [5.74, 6) is 0.347. The summed E-state index contributed by atoms with van der Waals surface area (Å²) in [6, 6.07) is 13.6. The number of H-pyrrole nitrogens is 1. The summed E-state index contributed by atoms with van der Waals surface area (Å²) in [6.45, 7) is 0.263. The minimum absolute atomic E-state index is 0. The molecule has 22 heavy (non-hydrogen) atoms. The molecule has 0 saturated carbocycles. The minimum atomic E-state index is -0.0412. The molecule has 3 aromatic heterocycles. The molecule has 0 aliphatic rings. The van der Waals surface area contributed by atoms with Gasteiger partial charge >= 0.3 is 0 Å². The van der Waals surface area contributed by atoms with Gasteiger partial charge in [0.2, 0.25) is 6.54 Å². The zero-order valence-corrected chi connectivity index (χ0v) is 13.2. The van der Waals surface area contributed by atoms with Crippen molar-refractivity contribution in [2.24, 2.45) is 0 Å². The molecule has 1 aromatic carbocycles. The van der Waals surface area contributed by atoms with E-state index in [1.807, 2.05) is 41.2 Å². The van der Waals surface area contributed by atoms with Crippen LogP contribution in [0.4, 0.5) is 0 Å². The second kappa shape index (κ2) is 5.77. The van der Waals surface area contributed by atoms with E-state index in [0.29, 0.717) is 5.76 Å². The van der Waals surface area contributed by atoms with Crippen LogP contribution in [0.2, 0.25) is 0 Å². The van der Waals surface area contributed by atoms with Crippen LogP contribution in [0.15, 0.2) is 65.5 Å². The number of Topliss-reactive ketones (excluding diaryl/α,β-unsaturated/α-hetero) is 1. The van der Waals surface area contributed by atoms with Crippen LogP contribution in [0.3, 0.4) is 0 Å². The predicted molar refractivity (Wildman–Crippen MR) is 79.0 cm³/mol. The number of carbonyl (C=O) groups is 1. The van der Waals surface area contributed by atoms with Crippen molar-refractivity contribution < 1.29 is 30.8 Å². The van der Waals surface area contributed by atoms with Gasteiger partial charge in [-0.15, -0.1) is 0 Å². The van der Waals surface area contributed by atoms with Gasteiger partial charge in [-0.1, -0.05) is 18.2 Å². The van der Waals surface area contributed by atoms with E-state index in [1.165, 1.54) is 11.6 Å². The molecule has 0 unspecified atom stereocenters. The zero-order valence-electron chi connectivity index (χ0n) is 11.6. The number of pyridine rings is 1. The summed E-state index contributed by atoms with van der Waals surface area (Å²) in [4.78, 5) is 15.4. The van der Waals surface area contributed by atoms with E-state index >= 15 is 0 Å². The molecule has 0 aliphatic carbocycles. The summed E-state index contributed by atoms with van der Waals surface area (Å²) < 4.78 is 7.00. The number of rotatable bonds is 3. The van der Waals surface area contributed by atoms with Gasteiger partial charge in [-0.05, 0) is 18.2 Å². The molecule has 0 amide bonds. The second-order valence-corrected chi connectivity index (χ2v) is 5.02. The van der Waals surface area contributed by atoms with Crippen molar-refractivity contribution in [3.05, 3.63) is 66.9 Å². The number of hydrogen-bond acceptors (Lipinski definition) is 2. The van der Waals surface area contributed by atoms with Crippen LogP contribution in [-0.2, 0) is 6.54 Å². The molecule has 0 fully saturated rings. The third kappa shape index (κ3) is 2.44. The Morgan fingerprint density at radius 2 is 1.86 bits per heavy atom. The lowest BCUT2D eigenvalue weighted by molar-refractivity contribution is -0.682. The van der Waals surface area contributed by atoms with E-state index < -0.39 is 0 Å². The topological polar surface area (TPSA) is 49.9 Å². The highest BCUT2D eigenvalue weighted by atomic mass is 79.9. The average molecular weight is 357 g/mol. The van der Waals surface area contributed by atoms with E-state index in [4.69, 9.17) is 4.42 Å². The first-order valence-electron chi connectivity index (χ1n) is 6.77. The van der Waals surface area contributed by atoms with Gasteiger partial charge < -0.3 is 26.4 Å². The SMILES string of the molecule is O=C(C[n+]1ccc2c(c1)[nH]c1ccccc12)c1ccco1.[Br-]. The van der Waals surface area contributed by atoms with Crippen LogP contribution in [0.5, 0.6) is 0 Å². The maximum atomic E-state index is 12.1. The van der Waals surface area contributed by atoms with Crippen molar-refractivity contribution in [3.8, 4) is 0 Å². The fraction of sp³-hybridized carbons (Fsp3) is 0.0588. The number of fused-ring (bicyclic) bond motifs is 3. The van der Waals surface area contributed by atoms with Crippen LogP contribution in [0.25, 0.3) is 21.8 Å². The van der Waals surface area contributed by atoms with Crippen molar-refractivity contribution in [1.29, 1.82) is 0 Å². The lowest BCUT2D eigenvalue weighted by Gasteiger charge is -1.95. The van der Waals surface area contributed by atoms with E-state index in [1.54, 1.807) is 12.1 Å². The summed E-state index contributed by atoms with van der Waals surface area (Å²) in [5, 5.41) is 2.35. The Bertz CT molecular complexity index is 942. The van der Waals surface area contributed by atoms with E-state index in [0.717, 1.165) is 16.4 Å². The first-order chi connectivity index (χ1) is 10.3. The highest BCUT2D eigenvalue weighted by Crippen LogP contribution is 2.23. The van der Waals surface area contributed by atoms with E-state index in [2.05, 4.69) is 11.1 Å². The number of carbonyl (C=O) groups excluding carboxylic acids is 1. The van der Waals surface area contributed by atoms with Gasteiger partial charge in [0, 0.05) is 22.4 Å². The van der Waals surface area contributed by atoms with Gasteiger partial charge in [-0.2, -0.15) is 4.57 Å². The van der Waals surface area contributed by atoms with Crippen LogP contribution >= 0.6 is 0 Å². The molecule has 3 heterocycles. The Balaban J connectivity index is 0.00000144. The summed E-state index contributed by atoms with van der Waals surface area (Å²) in [7, 11) is 0. The highest BCUT2D eigenvalue weighted by molar-refractivity contribution is 6.06. The van der Waals surface area contributed by atoms with Crippen molar-refractivity contribution in [2.75, 3.05) is 0 Å². The van der Waals surface area contributed by atoms with E-state index in [-0.39, 0.29) is 29.3 Å². The zero-order chi connectivity index (χ0) is 14.2. The fourth-order valence-electron chi connectivity index (χ4n) is 2.62. The Kier molecular flexibility index (Phi) is 3.81. The number of benzene rings is 1. The smallest absolute Gasteiger partial charge is 0.262 e. The first kappa shape index (κ1) is 14.5. The van der Waals surface area contributed by atoms with Gasteiger partial charge in [0.05, 0.1) is 6.26 Å². The molecule has 0 radical (unpaired) electrons. The molecular weight excluding hydrogens is 344 g/mol. The number of nitrogens with zero attached hydrogens (tertiary/aromatic N) is 1. The fourth-order valence-corrected chi connectivity index (χ4v) is 2.62. The van der Waals surface area contributed by atoms with Crippen molar-refractivity contribution >= 4 is 27.6 Å². The third-order valence-electron chi connectivity index (χ3n) is 3.63. The monoisotopic (exact) mass is 356 g/mol. The lowest BCUT2D eigenvalue weighted by Crippen LogP contribution is -3.00. The summed E-state index contributed by atoms with van der Waals surface area (Å²) in [6.07, 6.45) is 5.39. The third-order valence-corrected chi connectivity index (χ3v) is 3.63. The quantitative estimate of drug-likeness (QED) is 0.417.